The predicted molar refractivity (Wildman–Crippen MR) is 48.5 cm³/mol. The molecule has 0 spiro atoms. The minimum absolute atomic E-state index is 0. The van der Waals surface area contributed by atoms with Crippen LogP contribution in [0.1, 0.15) is 24.3 Å². The van der Waals surface area contributed by atoms with Gasteiger partial charge in [-0.1, -0.05) is 11.6 Å². The van der Waals surface area contributed by atoms with Crippen LogP contribution in [0.3, 0.4) is 0 Å². The van der Waals surface area contributed by atoms with Crippen LogP contribution in [-0.4, -0.2) is 4.98 Å². The Balaban J connectivity index is 0.000000605. The molecule has 0 aliphatic heterocycles. The largest absolute Gasteiger partial charge is 0.264 e. The zero-order chi connectivity index (χ0) is 6.97. The van der Waals surface area contributed by atoms with E-state index in [0.717, 1.165) is 5.02 Å². The minimum atomic E-state index is 0. The molecule has 1 fully saturated rings. The normalized spacial score (nSPS) is 15.7. The number of rotatable bonds is 1. The Bertz CT molecular complexity index is 246. The lowest BCUT2D eigenvalue weighted by Gasteiger charge is -1.97. The van der Waals surface area contributed by atoms with E-state index in [4.69, 9.17) is 11.6 Å². The Kier molecular flexibility index (Phi) is 2.74. The fraction of sp³-hybridized carbons (Fsp3) is 0.375. The summed E-state index contributed by atoms with van der Waals surface area (Å²) in [4.78, 5) is 4.02. The van der Waals surface area contributed by atoms with Crippen molar-refractivity contribution in [3.05, 3.63) is 29.0 Å². The Labute approximate surface area is 77.2 Å². The van der Waals surface area contributed by atoms with Crippen molar-refractivity contribution in [3.63, 3.8) is 0 Å². The van der Waals surface area contributed by atoms with Crippen molar-refractivity contribution in [1.82, 2.24) is 4.98 Å². The van der Waals surface area contributed by atoms with Crippen molar-refractivity contribution < 1.29 is 0 Å². The Morgan fingerprint density at radius 2 is 2.18 bits per heavy atom. The van der Waals surface area contributed by atoms with Crippen molar-refractivity contribution in [1.29, 1.82) is 0 Å². The molecule has 2 rings (SSSR count). The van der Waals surface area contributed by atoms with Crippen LogP contribution < -0.4 is 0 Å². The number of hydrogen-bond donors (Lipinski definition) is 0. The molecule has 1 aliphatic carbocycles. The van der Waals surface area contributed by atoms with Crippen molar-refractivity contribution in [2.24, 2.45) is 0 Å². The van der Waals surface area contributed by atoms with E-state index in [1.54, 1.807) is 6.20 Å². The third-order valence-electron chi connectivity index (χ3n) is 1.81. The summed E-state index contributed by atoms with van der Waals surface area (Å²) in [5.74, 6) is 0.709. The lowest BCUT2D eigenvalue weighted by molar-refractivity contribution is 1.09. The number of hydrogen-bond acceptors (Lipinski definition) is 1. The second kappa shape index (κ2) is 3.42. The van der Waals surface area contributed by atoms with Gasteiger partial charge in [-0.15, -0.1) is 12.4 Å². The lowest BCUT2D eigenvalue weighted by Crippen LogP contribution is -1.81. The van der Waals surface area contributed by atoms with Gasteiger partial charge in [-0.05, 0) is 30.4 Å². The maximum absolute atomic E-state index is 5.92. The summed E-state index contributed by atoms with van der Waals surface area (Å²) in [5.41, 5.74) is 1.23. The predicted octanol–water partition coefficient (Wildman–Crippen LogP) is 3.03. The monoisotopic (exact) mass is 189 g/mol. The molecule has 0 N–H and O–H groups in total. The second-order valence-corrected chi connectivity index (χ2v) is 3.08. The zero-order valence-electron chi connectivity index (χ0n) is 5.96. The molecule has 1 aliphatic rings. The molecule has 1 aromatic heterocycles. The lowest BCUT2D eigenvalue weighted by atomic mass is 10.2. The molecule has 0 unspecified atom stereocenters. The highest BCUT2D eigenvalue weighted by molar-refractivity contribution is 6.31. The van der Waals surface area contributed by atoms with E-state index < -0.39 is 0 Å². The van der Waals surface area contributed by atoms with Gasteiger partial charge in [-0.25, -0.2) is 0 Å². The van der Waals surface area contributed by atoms with Crippen molar-refractivity contribution in [2.75, 3.05) is 0 Å². The van der Waals surface area contributed by atoms with Gasteiger partial charge in [0.25, 0.3) is 0 Å². The molecule has 0 radical (unpaired) electrons. The minimum Gasteiger partial charge on any atom is -0.264 e. The Morgan fingerprint density at radius 1 is 1.45 bits per heavy atom. The molecule has 1 saturated carbocycles. The van der Waals surface area contributed by atoms with Crippen molar-refractivity contribution in [3.8, 4) is 0 Å². The van der Waals surface area contributed by atoms with Crippen LogP contribution >= 0.6 is 24.0 Å². The van der Waals surface area contributed by atoms with Gasteiger partial charge in [-0.3, -0.25) is 4.98 Å². The van der Waals surface area contributed by atoms with E-state index in [2.05, 4.69) is 4.98 Å². The summed E-state index contributed by atoms with van der Waals surface area (Å²) >= 11 is 5.92. The smallest absolute Gasteiger partial charge is 0.0471 e. The standard InChI is InChI=1S/C8H8ClN.ClH/c9-8-3-4-10-5-7(8)6-1-2-6;/h3-6H,1-2H2;1H. The molecular weight excluding hydrogens is 181 g/mol. The van der Waals surface area contributed by atoms with E-state index in [0.29, 0.717) is 5.92 Å². The molecule has 0 bridgehead atoms. The van der Waals surface area contributed by atoms with Gasteiger partial charge in [0.2, 0.25) is 0 Å². The third-order valence-corrected chi connectivity index (χ3v) is 2.16. The maximum Gasteiger partial charge on any atom is 0.0471 e. The van der Waals surface area contributed by atoms with E-state index in [1.807, 2.05) is 12.3 Å². The topological polar surface area (TPSA) is 12.9 Å². The Hall–Kier alpha value is -0.270. The quantitative estimate of drug-likeness (QED) is 0.663. The van der Waals surface area contributed by atoms with Gasteiger partial charge >= 0.3 is 0 Å². The molecule has 11 heavy (non-hydrogen) atoms. The summed E-state index contributed by atoms with van der Waals surface area (Å²) in [6.45, 7) is 0. The molecule has 0 aromatic carbocycles. The van der Waals surface area contributed by atoms with Gasteiger partial charge in [-0.2, -0.15) is 0 Å². The van der Waals surface area contributed by atoms with Crippen LogP contribution in [0.15, 0.2) is 18.5 Å². The molecule has 0 atom stereocenters. The molecule has 1 aromatic rings. The summed E-state index contributed by atoms with van der Waals surface area (Å²) < 4.78 is 0. The molecular formula is C8H9Cl2N. The first-order chi connectivity index (χ1) is 4.88. The average Bonchev–Trinajstić information content (AvgIpc) is 2.71. The van der Waals surface area contributed by atoms with E-state index in [1.165, 1.54) is 18.4 Å². The molecule has 0 amide bonds. The van der Waals surface area contributed by atoms with Crippen LogP contribution in [0.2, 0.25) is 5.02 Å². The fourth-order valence-electron chi connectivity index (χ4n) is 1.08. The Morgan fingerprint density at radius 3 is 2.73 bits per heavy atom. The molecule has 60 valence electrons. The molecule has 1 heterocycles. The third kappa shape index (κ3) is 1.85. The average molecular weight is 190 g/mol. The summed E-state index contributed by atoms with van der Waals surface area (Å²) in [5, 5.41) is 0.873. The summed E-state index contributed by atoms with van der Waals surface area (Å²) in [6, 6.07) is 1.86. The van der Waals surface area contributed by atoms with Crippen molar-refractivity contribution in [2.45, 2.75) is 18.8 Å². The van der Waals surface area contributed by atoms with Crippen molar-refractivity contribution >= 4 is 24.0 Å². The highest BCUT2D eigenvalue weighted by Gasteiger charge is 2.25. The van der Waals surface area contributed by atoms with E-state index in [9.17, 15) is 0 Å². The first kappa shape index (κ1) is 8.82. The number of pyridine rings is 1. The fourth-order valence-corrected chi connectivity index (χ4v) is 1.34. The summed E-state index contributed by atoms with van der Waals surface area (Å²) in [7, 11) is 0. The van der Waals surface area contributed by atoms with Gasteiger partial charge in [0.15, 0.2) is 0 Å². The van der Waals surface area contributed by atoms with Crippen LogP contribution in [0.5, 0.6) is 0 Å². The van der Waals surface area contributed by atoms with E-state index >= 15 is 0 Å². The number of nitrogens with zero attached hydrogens (tertiary/aromatic N) is 1. The van der Waals surface area contributed by atoms with E-state index in [-0.39, 0.29) is 12.4 Å². The van der Waals surface area contributed by atoms with Crippen LogP contribution in [0, 0.1) is 0 Å². The van der Waals surface area contributed by atoms with Gasteiger partial charge in [0.1, 0.15) is 0 Å². The maximum atomic E-state index is 5.92. The van der Waals surface area contributed by atoms with Gasteiger partial charge < -0.3 is 0 Å². The first-order valence-electron chi connectivity index (χ1n) is 3.47. The highest BCUT2D eigenvalue weighted by atomic mass is 35.5. The first-order valence-corrected chi connectivity index (χ1v) is 3.85. The molecule has 3 heteroatoms. The van der Waals surface area contributed by atoms with Gasteiger partial charge in [0.05, 0.1) is 0 Å². The number of halogens is 2. The van der Waals surface area contributed by atoms with Gasteiger partial charge in [0, 0.05) is 17.4 Å². The summed E-state index contributed by atoms with van der Waals surface area (Å²) in [6.07, 6.45) is 6.17. The van der Waals surface area contributed by atoms with Crippen LogP contribution in [0.25, 0.3) is 0 Å². The van der Waals surface area contributed by atoms with Crippen LogP contribution in [-0.2, 0) is 0 Å². The number of aromatic nitrogens is 1. The SMILES string of the molecule is Cl.Clc1ccncc1C1CC1. The highest BCUT2D eigenvalue weighted by Crippen LogP contribution is 2.42. The van der Waals surface area contributed by atoms with Crippen LogP contribution in [0.4, 0.5) is 0 Å². The molecule has 1 nitrogen and oxygen atoms in total. The zero-order valence-corrected chi connectivity index (χ0v) is 7.53. The second-order valence-electron chi connectivity index (χ2n) is 2.67. The molecule has 0 saturated heterocycles.